The molecule has 0 aromatic heterocycles. The van der Waals surface area contributed by atoms with Gasteiger partial charge in [-0.2, -0.15) is 0 Å². The summed E-state index contributed by atoms with van der Waals surface area (Å²) in [6, 6.07) is 7.53. The number of hydrogen-bond donors (Lipinski definition) is 3. The van der Waals surface area contributed by atoms with E-state index >= 15 is 0 Å². The largest absolute Gasteiger partial charge is 0.444 e. The standard InChI is InChI=1S/C26H37N3O4/c1-25(2,3)33-24(32)27-9-8-22(30)29-21-6-4-17(5-7-21)16-28-23(31)26-13-18-10-19(14-26)12-20(11-18)15-26/h4-7,18-20H,8-16H2,1-3H3,(H,27,32)(H,28,31)(H,29,30). The van der Waals surface area contributed by atoms with Crippen molar-refractivity contribution in [2.75, 3.05) is 11.9 Å². The topological polar surface area (TPSA) is 96.5 Å². The van der Waals surface area contributed by atoms with Crippen LogP contribution in [-0.4, -0.2) is 30.1 Å². The van der Waals surface area contributed by atoms with E-state index in [0.29, 0.717) is 12.2 Å². The summed E-state index contributed by atoms with van der Waals surface area (Å²) < 4.78 is 5.15. The number of rotatable bonds is 7. The number of ether oxygens (including phenoxy) is 1. The summed E-state index contributed by atoms with van der Waals surface area (Å²) in [7, 11) is 0. The third kappa shape index (κ3) is 6.06. The van der Waals surface area contributed by atoms with Crippen LogP contribution in [0, 0.1) is 23.2 Å². The molecular formula is C26H37N3O4. The molecule has 3 amide bonds. The zero-order chi connectivity index (χ0) is 23.6. The highest BCUT2D eigenvalue weighted by Crippen LogP contribution is 2.60. The highest BCUT2D eigenvalue weighted by molar-refractivity contribution is 5.91. The van der Waals surface area contributed by atoms with Gasteiger partial charge in [0.15, 0.2) is 0 Å². The fourth-order valence-electron chi connectivity index (χ4n) is 6.28. The fourth-order valence-corrected chi connectivity index (χ4v) is 6.28. The number of amides is 3. The number of anilines is 1. The van der Waals surface area contributed by atoms with E-state index in [9.17, 15) is 14.4 Å². The van der Waals surface area contributed by atoms with Crippen LogP contribution in [0.1, 0.15) is 71.3 Å². The molecule has 0 spiro atoms. The van der Waals surface area contributed by atoms with E-state index in [1.165, 1.54) is 19.3 Å². The second-order valence-electron chi connectivity index (χ2n) is 11.3. The van der Waals surface area contributed by atoms with Crippen LogP contribution in [0.2, 0.25) is 0 Å². The lowest BCUT2D eigenvalue weighted by atomic mass is 9.49. The number of alkyl carbamates (subject to hydrolysis) is 1. The van der Waals surface area contributed by atoms with E-state index < -0.39 is 11.7 Å². The Labute approximate surface area is 196 Å². The molecular weight excluding hydrogens is 418 g/mol. The highest BCUT2D eigenvalue weighted by Gasteiger charge is 2.54. The Morgan fingerprint density at radius 3 is 2.06 bits per heavy atom. The highest BCUT2D eigenvalue weighted by atomic mass is 16.6. The average Bonchev–Trinajstić information content (AvgIpc) is 2.70. The molecule has 3 N–H and O–H groups in total. The van der Waals surface area contributed by atoms with E-state index in [1.807, 2.05) is 24.3 Å². The first-order valence-corrected chi connectivity index (χ1v) is 12.2. The van der Waals surface area contributed by atoms with Crippen molar-refractivity contribution in [3.63, 3.8) is 0 Å². The second kappa shape index (κ2) is 9.35. The minimum absolute atomic E-state index is 0.129. The normalized spacial score (nSPS) is 27.7. The molecule has 0 unspecified atom stereocenters. The molecule has 0 heterocycles. The lowest BCUT2D eigenvalue weighted by Crippen LogP contribution is -2.53. The Kier molecular flexibility index (Phi) is 6.68. The minimum Gasteiger partial charge on any atom is -0.444 e. The maximum absolute atomic E-state index is 13.1. The van der Waals surface area contributed by atoms with Crippen molar-refractivity contribution < 1.29 is 19.1 Å². The number of nitrogens with one attached hydrogen (secondary N) is 3. The van der Waals surface area contributed by atoms with E-state index in [1.54, 1.807) is 20.8 Å². The Hall–Kier alpha value is -2.57. The van der Waals surface area contributed by atoms with Gasteiger partial charge in [0.05, 0.1) is 0 Å². The molecule has 4 aliphatic rings. The molecule has 5 rings (SSSR count). The number of hydrogen-bond acceptors (Lipinski definition) is 4. The van der Waals surface area contributed by atoms with E-state index in [0.717, 1.165) is 42.6 Å². The first kappa shape index (κ1) is 23.6. The van der Waals surface area contributed by atoms with Gasteiger partial charge in [-0.1, -0.05) is 12.1 Å². The second-order valence-corrected chi connectivity index (χ2v) is 11.3. The summed E-state index contributed by atoms with van der Waals surface area (Å²) in [5.74, 6) is 2.31. The van der Waals surface area contributed by atoms with Crippen LogP contribution in [-0.2, 0) is 20.9 Å². The summed E-state index contributed by atoms with van der Waals surface area (Å²) >= 11 is 0. The molecule has 4 aliphatic carbocycles. The van der Waals surface area contributed by atoms with Crippen molar-refractivity contribution in [1.29, 1.82) is 0 Å². The van der Waals surface area contributed by atoms with Crippen molar-refractivity contribution in [2.24, 2.45) is 23.2 Å². The van der Waals surface area contributed by atoms with E-state index in [4.69, 9.17) is 4.74 Å². The number of benzene rings is 1. The van der Waals surface area contributed by atoms with Gasteiger partial charge in [-0.3, -0.25) is 9.59 Å². The first-order chi connectivity index (χ1) is 15.6. The third-order valence-electron chi connectivity index (χ3n) is 7.23. The molecule has 0 atom stereocenters. The number of carbonyl (C=O) groups excluding carboxylic acids is 3. The Morgan fingerprint density at radius 2 is 1.52 bits per heavy atom. The van der Waals surface area contributed by atoms with E-state index in [2.05, 4.69) is 16.0 Å². The van der Waals surface area contributed by atoms with Gasteiger partial charge in [0, 0.05) is 30.6 Å². The van der Waals surface area contributed by atoms with Gasteiger partial charge in [0.25, 0.3) is 0 Å². The molecule has 7 nitrogen and oxygen atoms in total. The number of carbonyl (C=O) groups is 3. The Bertz CT molecular complexity index is 853. The minimum atomic E-state index is -0.567. The summed E-state index contributed by atoms with van der Waals surface area (Å²) in [5, 5.41) is 8.60. The monoisotopic (exact) mass is 455 g/mol. The van der Waals surface area contributed by atoms with Gasteiger partial charge in [0.2, 0.25) is 11.8 Å². The van der Waals surface area contributed by atoms with Gasteiger partial charge >= 0.3 is 6.09 Å². The zero-order valence-corrected chi connectivity index (χ0v) is 20.0. The van der Waals surface area contributed by atoms with Gasteiger partial charge in [-0.05, 0) is 94.7 Å². The van der Waals surface area contributed by atoms with Crippen molar-refractivity contribution in [3.05, 3.63) is 29.8 Å². The van der Waals surface area contributed by atoms with Crippen LogP contribution in [0.15, 0.2) is 24.3 Å². The van der Waals surface area contributed by atoms with Crippen LogP contribution in [0.3, 0.4) is 0 Å². The molecule has 1 aromatic carbocycles. The van der Waals surface area contributed by atoms with Crippen molar-refractivity contribution in [3.8, 4) is 0 Å². The maximum Gasteiger partial charge on any atom is 0.407 e. The van der Waals surface area contributed by atoms with Crippen molar-refractivity contribution >= 4 is 23.6 Å². The maximum atomic E-state index is 13.1. The molecule has 4 fully saturated rings. The van der Waals surface area contributed by atoms with Gasteiger partial charge in [-0.15, -0.1) is 0 Å². The molecule has 180 valence electrons. The van der Waals surface area contributed by atoms with Crippen molar-refractivity contribution in [1.82, 2.24) is 10.6 Å². The molecule has 1 aromatic rings. The quantitative estimate of drug-likeness (QED) is 0.569. The predicted molar refractivity (Wildman–Crippen MR) is 126 cm³/mol. The molecule has 0 aliphatic heterocycles. The summed E-state index contributed by atoms with van der Waals surface area (Å²) in [5.41, 5.74) is 1.00. The van der Waals surface area contributed by atoms with Crippen LogP contribution < -0.4 is 16.0 Å². The third-order valence-corrected chi connectivity index (χ3v) is 7.23. The molecule has 33 heavy (non-hydrogen) atoms. The zero-order valence-electron chi connectivity index (χ0n) is 20.0. The van der Waals surface area contributed by atoms with Crippen LogP contribution in [0.4, 0.5) is 10.5 Å². The average molecular weight is 456 g/mol. The SMILES string of the molecule is CC(C)(C)OC(=O)NCCC(=O)Nc1ccc(CNC(=O)C23CC4CC(CC(C4)C2)C3)cc1. The predicted octanol–water partition coefficient (Wildman–Crippen LogP) is 4.37. The Balaban J connectivity index is 1.19. The molecule has 4 bridgehead atoms. The van der Waals surface area contributed by atoms with Gasteiger partial charge < -0.3 is 20.7 Å². The molecule has 7 heteroatoms. The summed E-state index contributed by atoms with van der Waals surface area (Å²) in [6.07, 6.45) is 6.82. The fraction of sp³-hybridized carbons (Fsp3) is 0.654. The smallest absolute Gasteiger partial charge is 0.407 e. The van der Waals surface area contributed by atoms with Crippen LogP contribution >= 0.6 is 0 Å². The van der Waals surface area contributed by atoms with Crippen LogP contribution in [0.5, 0.6) is 0 Å². The first-order valence-electron chi connectivity index (χ1n) is 12.2. The van der Waals surface area contributed by atoms with Crippen molar-refractivity contribution in [2.45, 2.75) is 77.9 Å². The molecule has 0 saturated heterocycles. The van der Waals surface area contributed by atoms with Crippen LogP contribution in [0.25, 0.3) is 0 Å². The Morgan fingerprint density at radius 1 is 0.939 bits per heavy atom. The lowest BCUT2D eigenvalue weighted by molar-refractivity contribution is -0.146. The summed E-state index contributed by atoms with van der Waals surface area (Å²) in [4.78, 5) is 36.9. The molecule has 4 saturated carbocycles. The van der Waals surface area contributed by atoms with Gasteiger partial charge in [-0.25, -0.2) is 4.79 Å². The lowest BCUT2D eigenvalue weighted by Gasteiger charge is -2.55. The van der Waals surface area contributed by atoms with E-state index in [-0.39, 0.29) is 30.2 Å². The molecule has 0 radical (unpaired) electrons. The summed E-state index contributed by atoms with van der Waals surface area (Å²) in [6.45, 7) is 6.08. The van der Waals surface area contributed by atoms with Gasteiger partial charge in [0.1, 0.15) is 5.60 Å².